The predicted octanol–water partition coefficient (Wildman–Crippen LogP) is 3.68. The molecule has 2 nitrogen and oxygen atoms in total. The molecule has 0 aromatic heterocycles. The lowest BCUT2D eigenvalue weighted by atomic mass is 10.1. The number of rotatable bonds is 3. The van der Waals surface area contributed by atoms with E-state index in [1.165, 1.54) is 41.5 Å². The fourth-order valence-electron chi connectivity index (χ4n) is 2.86. The van der Waals surface area contributed by atoms with Gasteiger partial charge in [0.15, 0.2) is 0 Å². The fourth-order valence-corrected chi connectivity index (χ4v) is 2.86. The average molecular weight is 252 g/mol. The molecule has 0 radical (unpaired) electrons. The summed E-state index contributed by atoms with van der Waals surface area (Å²) in [6.45, 7) is 2.92. The molecular weight excluding hydrogens is 232 g/mol. The van der Waals surface area contributed by atoms with Crippen LogP contribution in [0, 0.1) is 6.92 Å². The van der Waals surface area contributed by atoms with Crippen LogP contribution in [0.2, 0.25) is 0 Å². The van der Waals surface area contributed by atoms with Gasteiger partial charge >= 0.3 is 0 Å². The number of aryl methyl sites for hydroxylation is 3. The molecular formula is C17H20N2. The third-order valence-electron chi connectivity index (χ3n) is 3.94. The highest BCUT2D eigenvalue weighted by atomic mass is 14.9. The standard InChI is InChI=1S/C17H20N2/c1-12-4-2-7-16(18)17(12)19-11-13-8-9-14-5-3-6-15(14)10-13/h2,4,7-10,19H,3,5-6,11,18H2,1H3. The van der Waals surface area contributed by atoms with Crippen molar-refractivity contribution in [3.8, 4) is 0 Å². The van der Waals surface area contributed by atoms with E-state index in [9.17, 15) is 0 Å². The van der Waals surface area contributed by atoms with E-state index in [4.69, 9.17) is 5.73 Å². The number of para-hydroxylation sites is 1. The van der Waals surface area contributed by atoms with Crippen molar-refractivity contribution in [1.29, 1.82) is 0 Å². The predicted molar refractivity (Wildman–Crippen MR) is 81.4 cm³/mol. The van der Waals surface area contributed by atoms with Gasteiger partial charge in [0, 0.05) is 6.54 Å². The van der Waals surface area contributed by atoms with Crippen molar-refractivity contribution in [3.05, 3.63) is 58.7 Å². The topological polar surface area (TPSA) is 38.0 Å². The smallest absolute Gasteiger partial charge is 0.0606 e. The Kier molecular flexibility index (Phi) is 3.16. The quantitative estimate of drug-likeness (QED) is 0.818. The van der Waals surface area contributed by atoms with E-state index in [2.05, 4.69) is 36.5 Å². The van der Waals surface area contributed by atoms with Crippen LogP contribution < -0.4 is 11.1 Å². The third kappa shape index (κ3) is 2.43. The van der Waals surface area contributed by atoms with Crippen molar-refractivity contribution in [2.45, 2.75) is 32.7 Å². The second-order valence-electron chi connectivity index (χ2n) is 5.35. The third-order valence-corrected chi connectivity index (χ3v) is 3.94. The SMILES string of the molecule is Cc1cccc(N)c1NCc1ccc2c(c1)CCC2. The minimum Gasteiger partial charge on any atom is -0.397 e. The largest absolute Gasteiger partial charge is 0.397 e. The van der Waals surface area contributed by atoms with Crippen molar-refractivity contribution in [3.63, 3.8) is 0 Å². The lowest BCUT2D eigenvalue weighted by molar-refractivity contribution is 0.911. The molecule has 19 heavy (non-hydrogen) atoms. The number of fused-ring (bicyclic) bond motifs is 1. The molecule has 3 rings (SSSR count). The van der Waals surface area contributed by atoms with Crippen LogP contribution in [0.25, 0.3) is 0 Å². The molecule has 0 saturated carbocycles. The zero-order valence-electron chi connectivity index (χ0n) is 11.4. The van der Waals surface area contributed by atoms with Gasteiger partial charge in [0.25, 0.3) is 0 Å². The summed E-state index contributed by atoms with van der Waals surface area (Å²) in [5.74, 6) is 0. The summed E-state index contributed by atoms with van der Waals surface area (Å²) >= 11 is 0. The van der Waals surface area contributed by atoms with E-state index in [0.29, 0.717) is 0 Å². The first-order valence-electron chi connectivity index (χ1n) is 6.93. The maximum Gasteiger partial charge on any atom is 0.0606 e. The molecule has 0 unspecified atom stereocenters. The first-order valence-corrected chi connectivity index (χ1v) is 6.93. The molecule has 2 heteroatoms. The Balaban J connectivity index is 1.76. The van der Waals surface area contributed by atoms with E-state index < -0.39 is 0 Å². The Bertz CT molecular complexity index is 582. The Labute approximate surface area is 114 Å². The van der Waals surface area contributed by atoms with Crippen LogP contribution in [-0.2, 0) is 19.4 Å². The van der Waals surface area contributed by atoms with Gasteiger partial charge in [-0.1, -0.05) is 30.3 Å². The molecule has 2 aromatic rings. The number of nitrogens with two attached hydrogens (primary N) is 1. The molecule has 0 spiro atoms. The molecule has 0 bridgehead atoms. The van der Waals surface area contributed by atoms with Gasteiger partial charge in [0.1, 0.15) is 0 Å². The Morgan fingerprint density at radius 3 is 2.79 bits per heavy atom. The van der Waals surface area contributed by atoms with E-state index in [-0.39, 0.29) is 0 Å². The van der Waals surface area contributed by atoms with Gasteiger partial charge in [-0.2, -0.15) is 0 Å². The highest BCUT2D eigenvalue weighted by Crippen LogP contribution is 2.25. The number of nitrogens with one attached hydrogen (secondary N) is 1. The molecule has 0 heterocycles. The number of benzene rings is 2. The van der Waals surface area contributed by atoms with Crippen molar-refractivity contribution in [1.82, 2.24) is 0 Å². The van der Waals surface area contributed by atoms with Crippen LogP contribution in [0.15, 0.2) is 36.4 Å². The summed E-state index contributed by atoms with van der Waals surface area (Å²) in [6, 6.07) is 12.9. The van der Waals surface area contributed by atoms with E-state index in [0.717, 1.165) is 17.9 Å². The van der Waals surface area contributed by atoms with Crippen molar-refractivity contribution >= 4 is 11.4 Å². The maximum absolute atomic E-state index is 6.01. The maximum atomic E-state index is 6.01. The summed E-state index contributed by atoms with van der Waals surface area (Å²) in [7, 11) is 0. The minimum atomic E-state index is 0.821. The average Bonchev–Trinajstić information content (AvgIpc) is 2.85. The van der Waals surface area contributed by atoms with Crippen LogP contribution in [0.5, 0.6) is 0 Å². The summed E-state index contributed by atoms with van der Waals surface area (Å²) in [5.41, 5.74) is 13.5. The molecule has 1 aliphatic carbocycles. The zero-order chi connectivity index (χ0) is 13.2. The second kappa shape index (κ2) is 4.96. The summed E-state index contributed by atoms with van der Waals surface area (Å²) in [6.07, 6.45) is 3.78. The van der Waals surface area contributed by atoms with Crippen LogP contribution in [0.3, 0.4) is 0 Å². The molecule has 3 N–H and O–H groups in total. The number of nitrogen functional groups attached to an aromatic ring is 1. The molecule has 98 valence electrons. The highest BCUT2D eigenvalue weighted by Gasteiger charge is 2.10. The number of hydrogen-bond acceptors (Lipinski definition) is 2. The van der Waals surface area contributed by atoms with Gasteiger partial charge in [-0.25, -0.2) is 0 Å². The lowest BCUT2D eigenvalue weighted by Crippen LogP contribution is -2.04. The Morgan fingerprint density at radius 2 is 1.95 bits per heavy atom. The van der Waals surface area contributed by atoms with Gasteiger partial charge < -0.3 is 11.1 Å². The summed E-state index contributed by atoms with van der Waals surface area (Å²) in [4.78, 5) is 0. The van der Waals surface area contributed by atoms with Gasteiger partial charge in [0.05, 0.1) is 11.4 Å². The summed E-state index contributed by atoms with van der Waals surface area (Å²) < 4.78 is 0. The molecule has 0 fully saturated rings. The Hall–Kier alpha value is -1.96. The molecule has 0 amide bonds. The van der Waals surface area contributed by atoms with Crippen molar-refractivity contribution in [2.24, 2.45) is 0 Å². The molecule has 0 aliphatic heterocycles. The normalized spacial score (nSPS) is 13.3. The van der Waals surface area contributed by atoms with Crippen molar-refractivity contribution in [2.75, 3.05) is 11.1 Å². The van der Waals surface area contributed by atoms with E-state index >= 15 is 0 Å². The lowest BCUT2D eigenvalue weighted by Gasteiger charge is -2.13. The Morgan fingerprint density at radius 1 is 1.11 bits per heavy atom. The molecule has 0 atom stereocenters. The van der Waals surface area contributed by atoms with Crippen LogP contribution in [-0.4, -0.2) is 0 Å². The number of anilines is 2. The summed E-state index contributed by atoms with van der Waals surface area (Å²) in [5, 5.41) is 3.46. The van der Waals surface area contributed by atoms with Gasteiger partial charge in [-0.15, -0.1) is 0 Å². The van der Waals surface area contributed by atoms with Crippen LogP contribution in [0.4, 0.5) is 11.4 Å². The van der Waals surface area contributed by atoms with Gasteiger partial charge in [0.2, 0.25) is 0 Å². The number of hydrogen-bond donors (Lipinski definition) is 2. The van der Waals surface area contributed by atoms with Crippen LogP contribution >= 0.6 is 0 Å². The first kappa shape index (κ1) is 12.1. The van der Waals surface area contributed by atoms with Crippen LogP contribution in [0.1, 0.15) is 28.7 Å². The fraction of sp³-hybridized carbons (Fsp3) is 0.294. The van der Waals surface area contributed by atoms with Gasteiger partial charge in [-0.3, -0.25) is 0 Å². The molecule has 1 aliphatic rings. The zero-order valence-corrected chi connectivity index (χ0v) is 11.4. The molecule has 2 aromatic carbocycles. The first-order chi connectivity index (χ1) is 9.24. The van der Waals surface area contributed by atoms with E-state index in [1.807, 2.05) is 12.1 Å². The van der Waals surface area contributed by atoms with Gasteiger partial charge in [-0.05, 0) is 54.5 Å². The second-order valence-corrected chi connectivity index (χ2v) is 5.35. The monoisotopic (exact) mass is 252 g/mol. The molecule has 0 saturated heterocycles. The van der Waals surface area contributed by atoms with Crippen molar-refractivity contribution < 1.29 is 0 Å². The minimum absolute atomic E-state index is 0.821. The van der Waals surface area contributed by atoms with E-state index in [1.54, 1.807) is 0 Å². The highest BCUT2D eigenvalue weighted by molar-refractivity contribution is 5.69.